The fourth-order valence-electron chi connectivity index (χ4n) is 1.78. The monoisotopic (exact) mass is 260 g/mol. The summed E-state index contributed by atoms with van der Waals surface area (Å²) in [7, 11) is 0. The number of rotatable bonds is 2. The lowest BCUT2D eigenvalue weighted by atomic mass is 9.87. The van der Waals surface area contributed by atoms with E-state index in [-0.39, 0.29) is 11.5 Å². The van der Waals surface area contributed by atoms with Crippen molar-refractivity contribution in [1.82, 2.24) is 15.1 Å². The highest BCUT2D eigenvalue weighted by Crippen LogP contribution is 2.30. The highest BCUT2D eigenvalue weighted by Gasteiger charge is 2.28. The second-order valence-electron chi connectivity index (χ2n) is 5.98. The Morgan fingerprint density at radius 2 is 1.95 bits per heavy atom. The van der Waals surface area contributed by atoms with Crippen LogP contribution in [-0.2, 0) is 0 Å². The van der Waals surface area contributed by atoms with Gasteiger partial charge in [0.15, 0.2) is 0 Å². The summed E-state index contributed by atoms with van der Waals surface area (Å²) in [6.07, 6.45) is 1.79. The molecule has 0 unspecified atom stereocenters. The normalized spacial score (nSPS) is 13.6. The van der Waals surface area contributed by atoms with Gasteiger partial charge in [0, 0.05) is 6.20 Å². The summed E-state index contributed by atoms with van der Waals surface area (Å²) in [4.78, 5) is 8.73. The van der Waals surface area contributed by atoms with Crippen LogP contribution in [0, 0.1) is 19.3 Å². The van der Waals surface area contributed by atoms with Crippen molar-refractivity contribution < 1.29 is 4.52 Å². The van der Waals surface area contributed by atoms with Gasteiger partial charge in [0.05, 0.1) is 6.04 Å². The third-order valence-corrected chi connectivity index (χ3v) is 3.07. The van der Waals surface area contributed by atoms with Gasteiger partial charge in [-0.15, -0.1) is 0 Å². The lowest BCUT2D eigenvalue weighted by Crippen LogP contribution is -2.26. The van der Waals surface area contributed by atoms with Gasteiger partial charge in [-0.25, -0.2) is 0 Å². The number of hydrogen-bond donors (Lipinski definition) is 1. The largest absolute Gasteiger partial charge is 0.337 e. The fourth-order valence-corrected chi connectivity index (χ4v) is 1.78. The van der Waals surface area contributed by atoms with Gasteiger partial charge in [-0.3, -0.25) is 4.98 Å². The van der Waals surface area contributed by atoms with E-state index in [1.165, 1.54) is 0 Å². The predicted octanol–water partition coefficient (Wildman–Crippen LogP) is 2.79. The summed E-state index contributed by atoms with van der Waals surface area (Å²) in [5, 5.41) is 3.98. The third kappa shape index (κ3) is 2.81. The molecule has 0 spiro atoms. The second kappa shape index (κ2) is 4.74. The molecule has 2 aromatic heterocycles. The Morgan fingerprint density at radius 1 is 1.26 bits per heavy atom. The predicted molar refractivity (Wildman–Crippen MR) is 73.4 cm³/mol. The van der Waals surface area contributed by atoms with Crippen molar-refractivity contribution in [3.05, 3.63) is 29.3 Å². The molecule has 0 saturated heterocycles. The fraction of sp³-hybridized carbons (Fsp3) is 0.500. The van der Waals surface area contributed by atoms with Gasteiger partial charge in [-0.2, -0.15) is 4.98 Å². The average Bonchev–Trinajstić information content (AvgIpc) is 2.75. The standard InChI is InChI=1S/C14H20N4O/c1-8-6-9(2)10(16-7-8)12-17-13(19-18-12)11(15)14(3,4)5/h6-7,11H,15H2,1-5H3/t11-/m0/s1. The summed E-state index contributed by atoms with van der Waals surface area (Å²) in [6.45, 7) is 10.1. The molecular formula is C14H20N4O. The number of nitrogens with two attached hydrogens (primary N) is 1. The van der Waals surface area contributed by atoms with Crippen LogP contribution in [0.5, 0.6) is 0 Å². The van der Waals surface area contributed by atoms with Crippen LogP contribution in [0.4, 0.5) is 0 Å². The topological polar surface area (TPSA) is 77.8 Å². The van der Waals surface area contributed by atoms with Gasteiger partial charge in [-0.1, -0.05) is 32.0 Å². The molecule has 5 heteroatoms. The number of pyridine rings is 1. The van der Waals surface area contributed by atoms with E-state index in [2.05, 4.69) is 15.1 Å². The zero-order chi connectivity index (χ0) is 14.2. The molecule has 0 fully saturated rings. The van der Waals surface area contributed by atoms with Gasteiger partial charge < -0.3 is 10.3 Å². The molecule has 0 aromatic carbocycles. The maximum absolute atomic E-state index is 6.11. The minimum absolute atomic E-state index is 0.125. The Balaban J connectivity index is 2.36. The Kier molecular flexibility index (Phi) is 3.41. The SMILES string of the molecule is Cc1cnc(-c2noc([C@H](N)C(C)(C)C)n2)c(C)c1. The molecule has 2 N–H and O–H groups in total. The van der Waals surface area contributed by atoms with Crippen molar-refractivity contribution in [1.29, 1.82) is 0 Å². The molecule has 0 radical (unpaired) electrons. The zero-order valence-electron chi connectivity index (χ0n) is 12.1. The lowest BCUT2D eigenvalue weighted by Gasteiger charge is -2.23. The van der Waals surface area contributed by atoms with Crippen molar-refractivity contribution in [2.75, 3.05) is 0 Å². The van der Waals surface area contributed by atoms with Gasteiger partial charge in [0.1, 0.15) is 5.69 Å². The number of aromatic nitrogens is 3. The quantitative estimate of drug-likeness (QED) is 0.898. The van der Waals surface area contributed by atoms with Crippen molar-refractivity contribution in [2.24, 2.45) is 11.1 Å². The Hall–Kier alpha value is -1.75. The molecule has 102 valence electrons. The molecule has 2 rings (SSSR count). The van der Waals surface area contributed by atoms with E-state index in [0.29, 0.717) is 11.7 Å². The molecule has 2 aromatic rings. The highest BCUT2D eigenvalue weighted by atomic mass is 16.5. The maximum Gasteiger partial charge on any atom is 0.244 e. The molecule has 2 heterocycles. The number of hydrogen-bond acceptors (Lipinski definition) is 5. The first-order valence-electron chi connectivity index (χ1n) is 6.32. The molecule has 0 aliphatic rings. The van der Waals surface area contributed by atoms with Crippen LogP contribution in [0.25, 0.3) is 11.5 Å². The van der Waals surface area contributed by atoms with E-state index in [1.807, 2.05) is 40.7 Å². The maximum atomic E-state index is 6.11. The lowest BCUT2D eigenvalue weighted by molar-refractivity contribution is 0.253. The van der Waals surface area contributed by atoms with E-state index in [1.54, 1.807) is 6.20 Å². The summed E-state index contributed by atoms with van der Waals surface area (Å²) in [5.74, 6) is 0.941. The van der Waals surface area contributed by atoms with Crippen molar-refractivity contribution >= 4 is 0 Å². The van der Waals surface area contributed by atoms with E-state index in [4.69, 9.17) is 10.3 Å². The first-order valence-corrected chi connectivity index (χ1v) is 6.32. The summed E-state index contributed by atoms with van der Waals surface area (Å²) >= 11 is 0. The van der Waals surface area contributed by atoms with Crippen LogP contribution >= 0.6 is 0 Å². The van der Waals surface area contributed by atoms with Crippen molar-refractivity contribution in [3.63, 3.8) is 0 Å². The van der Waals surface area contributed by atoms with E-state index >= 15 is 0 Å². The van der Waals surface area contributed by atoms with E-state index in [9.17, 15) is 0 Å². The molecule has 0 saturated carbocycles. The van der Waals surface area contributed by atoms with Crippen LogP contribution in [0.3, 0.4) is 0 Å². The molecule has 1 atom stereocenters. The summed E-state index contributed by atoms with van der Waals surface area (Å²) in [5.41, 5.74) is 8.85. The van der Waals surface area contributed by atoms with Crippen LogP contribution in [-0.4, -0.2) is 15.1 Å². The minimum atomic E-state index is -0.292. The van der Waals surface area contributed by atoms with Crippen LogP contribution < -0.4 is 5.73 Å². The molecule has 5 nitrogen and oxygen atoms in total. The number of nitrogens with zero attached hydrogens (tertiary/aromatic N) is 3. The Labute approximate surface area is 113 Å². The summed E-state index contributed by atoms with van der Waals surface area (Å²) in [6, 6.07) is 1.75. The first kappa shape index (κ1) is 13.7. The van der Waals surface area contributed by atoms with E-state index in [0.717, 1.165) is 16.8 Å². The minimum Gasteiger partial charge on any atom is -0.337 e. The van der Waals surface area contributed by atoms with Gasteiger partial charge in [-0.05, 0) is 30.4 Å². The average molecular weight is 260 g/mol. The van der Waals surface area contributed by atoms with Gasteiger partial charge in [0.2, 0.25) is 11.7 Å². The third-order valence-electron chi connectivity index (χ3n) is 3.07. The first-order chi connectivity index (χ1) is 8.79. The van der Waals surface area contributed by atoms with Crippen molar-refractivity contribution in [3.8, 4) is 11.5 Å². The van der Waals surface area contributed by atoms with Crippen molar-refractivity contribution in [2.45, 2.75) is 40.7 Å². The van der Waals surface area contributed by atoms with Crippen LogP contribution in [0.2, 0.25) is 0 Å². The molecule has 0 amide bonds. The van der Waals surface area contributed by atoms with Crippen LogP contribution in [0.15, 0.2) is 16.8 Å². The zero-order valence-corrected chi connectivity index (χ0v) is 12.1. The molecular weight excluding hydrogens is 240 g/mol. The molecule has 19 heavy (non-hydrogen) atoms. The smallest absolute Gasteiger partial charge is 0.244 e. The number of aryl methyl sites for hydroxylation is 2. The van der Waals surface area contributed by atoms with Gasteiger partial charge >= 0.3 is 0 Å². The van der Waals surface area contributed by atoms with Gasteiger partial charge in [0.25, 0.3) is 0 Å². The van der Waals surface area contributed by atoms with E-state index < -0.39 is 0 Å². The Morgan fingerprint density at radius 3 is 2.53 bits per heavy atom. The second-order valence-corrected chi connectivity index (χ2v) is 5.98. The van der Waals surface area contributed by atoms with Crippen LogP contribution in [0.1, 0.15) is 43.8 Å². The summed E-state index contributed by atoms with van der Waals surface area (Å²) < 4.78 is 5.27. The molecule has 0 aliphatic heterocycles. The molecule has 0 bridgehead atoms. The Bertz CT molecular complexity index is 583. The molecule has 0 aliphatic carbocycles. The highest BCUT2D eigenvalue weighted by molar-refractivity contribution is 5.54.